The summed E-state index contributed by atoms with van der Waals surface area (Å²) >= 11 is 0. The molecule has 1 aliphatic rings. The van der Waals surface area contributed by atoms with Crippen molar-refractivity contribution in [3.8, 4) is 11.5 Å². The highest BCUT2D eigenvalue weighted by Gasteiger charge is 2.35. The van der Waals surface area contributed by atoms with Gasteiger partial charge in [0.05, 0.1) is 20.8 Å². The van der Waals surface area contributed by atoms with Crippen LogP contribution in [0.1, 0.15) is 18.6 Å². The van der Waals surface area contributed by atoms with E-state index in [1.807, 2.05) is 0 Å². The van der Waals surface area contributed by atoms with Crippen molar-refractivity contribution < 1.29 is 23.7 Å². The summed E-state index contributed by atoms with van der Waals surface area (Å²) in [5.41, 5.74) is 0.747. The van der Waals surface area contributed by atoms with Crippen LogP contribution in [0.15, 0.2) is 23.2 Å². The van der Waals surface area contributed by atoms with Crippen LogP contribution in [-0.4, -0.2) is 39.2 Å². The Balaban J connectivity index is 2.28. The van der Waals surface area contributed by atoms with Gasteiger partial charge in [-0.05, 0) is 19.1 Å². The maximum atomic E-state index is 11.9. The normalized spacial score (nSPS) is 20.4. The lowest BCUT2D eigenvalue weighted by Crippen LogP contribution is -2.26. The molecule has 20 heavy (non-hydrogen) atoms. The van der Waals surface area contributed by atoms with Crippen LogP contribution in [0.2, 0.25) is 0 Å². The topological polar surface area (TPSA) is 66.4 Å². The number of benzene rings is 1. The lowest BCUT2D eigenvalue weighted by Gasteiger charge is -2.17. The molecular formula is C14H17NO5. The fourth-order valence-electron chi connectivity index (χ4n) is 1.99. The van der Waals surface area contributed by atoms with E-state index in [2.05, 4.69) is 4.99 Å². The number of aliphatic imine (C=N–C) groups is 1. The second-order valence-electron chi connectivity index (χ2n) is 4.15. The number of ether oxygens (including phenoxy) is 4. The zero-order chi connectivity index (χ0) is 14.5. The Labute approximate surface area is 117 Å². The van der Waals surface area contributed by atoms with Gasteiger partial charge in [-0.2, -0.15) is 0 Å². The number of hydrogen-bond acceptors (Lipinski definition) is 6. The van der Waals surface area contributed by atoms with E-state index in [9.17, 15) is 4.79 Å². The first-order valence-electron chi connectivity index (χ1n) is 6.26. The average Bonchev–Trinajstić information content (AvgIpc) is 2.96. The van der Waals surface area contributed by atoms with Gasteiger partial charge in [-0.3, -0.25) is 0 Å². The second-order valence-corrected chi connectivity index (χ2v) is 4.15. The lowest BCUT2D eigenvalue weighted by molar-refractivity contribution is -0.146. The quantitative estimate of drug-likeness (QED) is 0.768. The molecule has 0 aliphatic carbocycles. The van der Waals surface area contributed by atoms with Gasteiger partial charge in [0, 0.05) is 11.6 Å². The van der Waals surface area contributed by atoms with Crippen LogP contribution in [-0.2, 0) is 14.3 Å². The summed E-state index contributed by atoms with van der Waals surface area (Å²) in [6.45, 7) is 2.06. The highest BCUT2D eigenvalue weighted by molar-refractivity contribution is 5.80. The standard InChI is InChI=1S/C14H17NO5/c1-4-19-14(16)12-13(20-8-15-12)9-5-10(17-2)7-11(6-9)18-3/h5-8,12-13H,4H2,1-3H3. The molecule has 0 saturated heterocycles. The maximum Gasteiger partial charge on any atom is 0.335 e. The van der Waals surface area contributed by atoms with Crippen molar-refractivity contribution in [2.24, 2.45) is 4.99 Å². The van der Waals surface area contributed by atoms with Crippen LogP contribution < -0.4 is 9.47 Å². The van der Waals surface area contributed by atoms with E-state index in [1.54, 1.807) is 39.3 Å². The molecule has 0 N–H and O–H groups in total. The molecule has 0 saturated carbocycles. The van der Waals surface area contributed by atoms with Crippen LogP contribution in [0.3, 0.4) is 0 Å². The number of rotatable bonds is 5. The minimum absolute atomic E-state index is 0.305. The van der Waals surface area contributed by atoms with Gasteiger partial charge in [-0.1, -0.05) is 0 Å². The lowest BCUT2D eigenvalue weighted by atomic mass is 10.0. The SMILES string of the molecule is CCOC(=O)C1N=COC1c1cc(OC)cc(OC)c1. The zero-order valence-electron chi connectivity index (χ0n) is 11.7. The Morgan fingerprint density at radius 2 is 1.90 bits per heavy atom. The molecule has 1 aliphatic heterocycles. The highest BCUT2D eigenvalue weighted by atomic mass is 16.5. The number of nitrogens with zero attached hydrogens (tertiary/aromatic N) is 1. The van der Waals surface area contributed by atoms with Crippen LogP contribution >= 0.6 is 0 Å². The first-order valence-corrected chi connectivity index (χ1v) is 6.26. The van der Waals surface area contributed by atoms with E-state index < -0.39 is 18.1 Å². The van der Waals surface area contributed by atoms with Crippen molar-refractivity contribution in [1.82, 2.24) is 0 Å². The number of carbonyl (C=O) groups excluding carboxylic acids is 1. The molecule has 2 unspecified atom stereocenters. The largest absolute Gasteiger partial charge is 0.497 e. The Morgan fingerprint density at radius 3 is 2.45 bits per heavy atom. The molecule has 0 aromatic heterocycles. The van der Waals surface area contributed by atoms with E-state index >= 15 is 0 Å². The smallest absolute Gasteiger partial charge is 0.335 e. The summed E-state index contributed by atoms with van der Waals surface area (Å²) in [7, 11) is 3.13. The third kappa shape index (κ3) is 2.84. The summed E-state index contributed by atoms with van der Waals surface area (Å²) in [5, 5.41) is 0. The molecule has 108 valence electrons. The van der Waals surface area contributed by atoms with Gasteiger partial charge in [0.15, 0.2) is 18.5 Å². The molecule has 0 radical (unpaired) electrons. The van der Waals surface area contributed by atoms with Crippen molar-refractivity contribution in [1.29, 1.82) is 0 Å². The number of hydrogen-bond donors (Lipinski definition) is 0. The van der Waals surface area contributed by atoms with Crippen LogP contribution in [0.25, 0.3) is 0 Å². The van der Waals surface area contributed by atoms with Crippen molar-refractivity contribution in [3.05, 3.63) is 23.8 Å². The van der Waals surface area contributed by atoms with Gasteiger partial charge in [-0.25, -0.2) is 9.79 Å². The van der Waals surface area contributed by atoms with E-state index in [0.29, 0.717) is 18.1 Å². The van der Waals surface area contributed by atoms with Crippen LogP contribution in [0.5, 0.6) is 11.5 Å². The van der Waals surface area contributed by atoms with Gasteiger partial charge < -0.3 is 18.9 Å². The van der Waals surface area contributed by atoms with Gasteiger partial charge in [0.25, 0.3) is 0 Å². The van der Waals surface area contributed by atoms with Gasteiger partial charge in [0.1, 0.15) is 11.5 Å². The summed E-state index contributed by atoms with van der Waals surface area (Å²) in [6, 6.07) is 4.62. The molecular weight excluding hydrogens is 262 g/mol. The van der Waals surface area contributed by atoms with E-state index in [0.717, 1.165) is 5.56 Å². The molecule has 6 heteroatoms. The molecule has 2 atom stereocenters. The van der Waals surface area contributed by atoms with Gasteiger partial charge in [-0.15, -0.1) is 0 Å². The summed E-state index contributed by atoms with van der Waals surface area (Å²) in [6.07, 6.45) is 0.746. The Hall–Kier alpha value is -2.24. The maximum absolute atomic E-state index is 11.9. The minimum atomic E-state index is -0.702. The van der Waals surface area contributed by atoms with Gasteiger partial charge in [0.2, 0.25) is 0 Å². The molecule has 1 heterocycles. The molecule has 0 bridgehead atoms. The Kier molecular flexibility index (Phi) is 4.45. The number of methoxy groups -OCH3 is 2. The predicted molar refractivity (Wildman–Crippen MR) is 72.3 cm³/mol. The molecule has 1 aromatic rings. The number of esters is 1. The van der Waals surface area contributed by atoms with Crippen molar-refractivity contribution in [2.45, 2.75) is 19.1 Å². The number of carbonyl (C=O) groups is 1. The Morgan fingerprint density at radius 1 is 1.25 bits per heavy atom. The molecule has 6 nitrogen and oxygen atoms in total. The molecule has 0 fully saturated rings. The minimum Gasteiger partial charge on any atom is -0.497 e. The molecule has 0 amide bonds. The monoisotopic (exact) mass is 279 g/mol. The summed E-state index contributed by atoms with van der Waals surface area (Å²) in [4.78, 5) is 15.9. The summed E-state index contributed by atoms with van der Waals surface area (Å²) < 4.78 is 20.8. The highest BCUT2D eigenvalue weighted by Crippen LogP contribution is 2.33. The predicted octanol–water partition coefficient (Wildman–Crippen LogP) is 1.74. The fourth-order valence-corrected chi connectivity index (χ4v) is 1.99. The van der Waals surface area contributed by atoms with Crippen molar-refractivity contribution in [3.63, 3.8) is 0 Å². The zero-order valence-corrected chi connectivity index (χ0v) is 11.7. The van der Waals surface area contributed by atoms with Crippen LogP contribution in [0.4, 0.5) is 0 Å². The van der Waals surface area contributed by atoms with E-state index in [1.165, 1.54) is 6.40 Å². The molecule has 2 rings (SSSR count). The third-order valence-corrected chi connectivity index (χ3v) is 2.95. The van der Waals surface area contributed by atoms with E-state index in [4.69, 9.17) is 18.9 Å². The van der Waals surface area contributed by atoms with E-state index in [-0.39, 0.29) is 0 Å². The summed E-state index contributed by atoms with van der Waals surface area (Å²) in [5.74, 6) is 0.836. The Bertz CT molecular complexity index is 492. The first-order chi connectivity index (χ1) is 9.69. The third-order valence-electron chi connectivity index (χ3n) is 2.95. The molecule has 1 aromatic carbocycles. The van der Waals surface area contributed by atoms with Gasteiger partial charge >= 0.3 is 5.97 Å². The average molecular weight is 279 g/mol. The molecule has 0 spiro atoms. The fraction of sp³-hybridized carbons (Fsp3) is 0.429. The van der Waals surface area contributed by atoms with Crippen molar-refractivity contribution >= 4 is 12.4 Å². The van der Waals surface area contributed by atoms with Crippen molar-refractivity contribution in [2.75, 3.05) is 20.8 Å². The second kappa shape index (κ2) is 6.27. The first kappa shape index (κ1) is 14.2. The van der Waals surface area contributed by atoms with Crippen LogP contribution in [0, 0.1) is 0 Å².